The van der Waals surface area contributed by atoms with Crippen molar-refractivity contribution in [2.45, 2.75) is 13.3 Å². The maximum atomic E-state index is 13.1. The van der Waals surface area contributed by atoms with Crippen LogP contribution < -0.4 is 4.90 Å². The van der Waals surface area contributed by atoms with Gasteiger partial charge in [0.25, 0.3) is 5.91 Å². The van der Waals surface area contributed by atoms with Crippen LogP contribution in [-0.2, 0) is 6.42 Å². The Hall–Kier alpha value is -3.32. The lowest BCUT2D eigenvalue weighted by Crippen LogP contribution is -2.29. The zero-order chi connectivity index (χ0) is 20.0. The predicted octanol–water partition coefficient (Wildman–Crippen LogP) is 4.65. The number of carbonyl (C=O) groups is 1. The minimum Gasteiger partial charge on any atom is -0.306 e. The van der Waals surface area contributed by atoms with Crippen LogP contribution in [0.3, 0.4) is 0 Å². The molecule has 5 rings (SSSR count). The summed E-state index contributed by atoms with van der Waals surface area (Å²) in [4.78, 5) is 19.4. The third-order valence-corrected chi connectivity index (χ3v) is 5.81. The Morgan fingerprint density at radius 1 is 1.14 bits per heavy atom. The summed E-state index contributed by atoms with van der Waals surface area (Å²) in [6.45, 7) is 2.62. The number of fused-ring (bicyclic) bond motifs is 1. The van der Waals surface area contributed by atoms with E-state index in [4.69, 9.17) is 0 Å². The van der Waals surface area contributed by atoms with Gasteiger partial charge in [0.1, 0.15) is 5.82 Å². The third kappa shape index (κ3) is 3.23. The summed E-state index contributed by atoms with van der Waals surface area (Å²) in [5.41, 5.74) is 5.17. The molecular formula is C22H17FN4OS. The average molecular weight is 404 g/mol. The lowest BCUT2D eigenvalue weighted by atomic mass is 10.1. The summed E-state index contributed by atoms with van der Waals surface area (Å²) in [6, 6.07) is 13.8. The molecule has 29 heavy (non-hydrogen) atoms. The number of rotatable bonds is 3. The molecule has 0 radical (unpaired) electrons. The molecule has 1 aliphatic rings. The lowest BCUT2D eigenvalue weighted by Gasteiger charge is -2.16. The molecule has 0 spiro atoms. The number of hydrogen-bond donors (Lipinski definition) is 0. The van der Waals surface area contributed by atoms with E-state index in [0.717, 1.165) is 33.9 Å². The smallest absolute Gasteiger partial charge is 0.278 e. The number of anilines is 1. The van der Waals surface area contributed by atoms with Gasteiger partial charge in [-0.15, -0.1) is 11.3 Å². The Bertz CT molecular complexity index is 1210. The van der Waals surface area contributed by atoms with E-state index in [1.807, 2.05) is 19.1 Å². The number of benzene rings is 2. The number of hydrogen-bond acceptors (Lipinski definition) is 4. The standard InChI is InChI=1S/C22H17FN4OS/c1-14-24-20(13-29-14)15-2-7-21-16(12-15)8-10-26(21)22(28)19-9-11-27(25-19)18-5-3-17(23)4-6-18/h2-7,9,11-13H,8,10H2,1H3. The van der Waals surface area contributed by atoms with Gasteiger partial charge in [0.2, 0.25) is 0 Å². The van der Waals surface area contributed by atoms with E-state index in [1.54, 1.807) is 45.3 Å². The summed E-state index contributed by atoms with van der Waals surface area (Å²) in [6.07, 6.45) is 2.52. The van der Waals surface area contributed by atoms with E-state index in [0.29, 0.717) is 17.9 Å². The van der Waals surface area contributed by atoms with E-state index in [2.05, 4.69) is 21.5 Å². The highest BCUT2D eigenvalue weighted by Crippen LogP contribution is 2.33. The second-order valence-electron chi connectivity index (χ2n) is 6.92. The van der Waals surface area contributed by atoms with Crippen molar-refractivity contribution < 1.29 is 9.18 Å². The molecule has 1 amide bonds. The summed E-state index contributed by atoms with van der Waals surface area (Å²) in [5, 5.41) is 7.48. The van der Waals surface area contributed by atoms with Crippen molar-refractivity contribution in [3.63, 3.8) is 0 Å². The van der Waals surface area contributed by atoms with Gasteiger partial charge >= 0.3 is 0 Å². The SMILES string of the molecule is Cc1nc(-c2ccc3c(c2)CCN3C(=O)c2ccn(-c3ccc(F)cc3)n2)cs1. The number of thiazole rings is 1. The Labute approximate surface area is 171 Å². The monoisotopic (exact) mass is 404 g/mol. The summed E-state index contributed by atoms with van der Waals surface area (Å²) in [7, 11) is 0. The number of amides is 1. The second kappa shape index (κ2) is 6.93. The molecule has 0 unspecified atom stereocenters. The Morgan fingerprint density at radius 2 is 1.97 bits per heavy atom. The predicted molar refractivity (Wildman–Crippen MR) is 111 cm³/mol. The Morgan fingerprint density at radius 3 is 2.72 bits per heavy atom. The van der Waals surface area contributed by atoms with Crippen molar-refractivity contribution in [2.75, 3.05) is 11.4 Å². The van der Waals surface area contributed by atoms with Crippen LogP contribution in [0.2, 0.25) is 0 Å². The molecule has 144 valence electrons. The van der Waals surface area contributed by atoms with Gasteiger partial charge in [0.15, 0.2) is 5.69 Å². The van der Waals surface area contributed by atoms with Crippen LogP contribution in [0.5, 0.6) is 0 Å². The fourth-order valence-corrected chi connectivity index (χ4v) is 4.20. The summed E-state index contributed by atoms with van der Waals surface area (Å²) in [5.74, 6) is -0.445. The van der Waals surface area contributed by atoms with Crippen LogP contribution in [0.25, 0.3) is 16.9 Å². The summed E-state index contributed by atoms with van der Waals surface area (Å²) < 4.78 is 14.7. The highest BCUT2D eigenvalue weighted by Gasteiger charge is 2.27. The van der Waals surface area contributed by atoms with Gasteiger partial charge in [-0.2, -0.15) is 5.10 Å². The molecule has 2 aromatic heterocycles. The van der Waals surface area contributed by atoms with E-state index >= 15 is 0 Å². The quantitative estimate of drug-likeness (QED) is 0.500. The first kappa shape index (κ1) is 17.8. The third-order valence-electron chi connectivity index (χ3n) is 5.03. The summed E-state index contributed by atoms with van der Waals surface area (Å²) >= 11 is 1.63. The van der Waals surface area contributed by atoms with Gasteiger partial charge in [-0.05, 0) is 61.4 Å². The molecule has 0 aliphatic carbocycles. The van der Waals surface area contributed by atoms with Crippen LogP contribution in [0.4, 0.5) is 10.1 Å². The van der Waals surface area contributed by atoms with Gasteiger partial charge < -0.3 is 4.90 Å². The maximum Gasteiger partial charge on any atom is 0.278 e. The molecule has 4 aromatic rings. The zero-order valence-electron chi connectivity index (χ0n) is 15.7. The molecule has 0 N–H and O–H groups in total. The fourth-order valence-electron chi connectivity index (χ4n) is 3.58. The van der Waals surface area contributed by atoms with Crippen LogP contribution in [-0.4, -0.2) is 27.2 Å². The molecular weight excluding hydrogens is 387 g/mol. The first-order chi connectivity index (χ1) is 14.1. The first-order valence-corrected chi connectivity index (χ1v) is 10.2. The van der Waals surface area contributed by atoms with Crippen molar-refractivity contribution in [3.8, 4) is 16.9 Å². The largest absolute Gasteiger partial charge is 0.306 e. The van der Waals surface area contributed by atoms with Gasteiger partial charge in [0.05, 0.1) is 16.4 Å². The minimum absolute atomic E-state index is 0.137. The number of carbonyl (C=O) groups excluding carboxylic acids is 1. The molecule has 7 heteroatoms. The van der Waals surface area contributed by atoms with E-state index < -0.39 is 0 Å². The molecule has 3 heterocycles. The highest BCUT2D eigenvalue weighted by atomic mass is 32.1. The van der Waals surface area contributed by atoms with Crippen molar-refractivity contribution in [1.29, 1.82) is 0 Å². The first-order valence-electron chi connectivity index (χ1n) is 9.27. The van der Waals surface area contributed by atoms with Crippen LogP contribution >= 0.6 is 11.3 Å². The van der Waals surface area contributed by atoms with Crippen molar-refractivity contribution >= 4 is 22.9 Å². The van der Waals surface area contributed by atoms with Crippen molar-refractivity contribution in [1.82, 2.24) is 14.8 Å². The molecule has 0 bridgehead atoms. The zero-order valence-corrected chi connectivity index (χ0v) is 16.5. The van der Waals surface area contributed by atoms with Crippen LogP contribution in [0.15, 0.2) is 60.1 Å². The van der Waals surface area contributed by atoms with Gasteiger partial charge in [-0.1, -0.05) is 6.07 Å². The topological polar surface area (TPSA) is 51.0 Å². The van der Waals surface area contributed by atoms with E-state index in [9.17, 15) is 9.18 Å². The molecule has 0 saturated carbocycles. The number of halogens is 1. The number of aromatic nitrogens is 3. The van der Waals surface area contributed by atoms with E-state index in [1.165, 1.54) is 12.1 Å². The lowest BCUT2D eigenvalue weighted by molar-refractivity contribution is 0.0984. The molecule has 2 aromatic carbocycles. The normalized spacial score (nSPS) is 13.0. The van der Waals surface area contributed by atoms with Gasteiger partial charge in [-0.25, -0.2) is 14.1 Å². The van der Waals surface area contributed by atoms with Gasteiger partial charge in [0, 0.05) is 29.4 Å². The number of aryl methyl sites for hydroxylation is 1. The Kier molecular flexibility index (Phi) is 4.24. The molecule has 0 saturated heterocycles. The molecule has 0 atom stereocenters. The molecule has 1 aliphatic heterocycles. The fraction of sp³-hybridized carbons (Fsp3) is 0.136. The van der Waals surface area contributed by atoms with Crippen LogP contribution in [0.1, 0.15) is 21.1 Å². The van der Waals surface area contributed by atoms with Crippen LogP contribution in [0, 0.1) is 12.7 Å². The second-order valence-corrected chi connectivity index (χ2v) is 7.99. The molecule has 5 nitrogen and oxygen atoms in total. The average Bonchev–Trinajstić information content (AvgIpc) is 3.47. The molecule has 0 fully saturated rings. The minimum atomic E-state index is -0.307. The van der Waals surface area contributed by atoms with E-state index in [-0.39, 0.29) is 11.7 Å². The Balaban J connectivity index is 1.40. The van der Waals surface area contributed by atoms with Gasteiger partial charge in [-0.3, -0.25) is 4.79 Å². The highest BCUT2D eigenvalue weighted by molar-refractivity contribution is 7.09. The van der Waals surface area contributed by atoms with Crippen molar-refractivity contribution in [2.24, 2.45) is 0 Å². The maximum absolute atomic E-state index is 13.1. The number of nitrogens with zero attached hydrogens (tertiary/aromatic N) is 4. The van der Waals surface area contributed by atoms with Crippen molar-refractivity contribution in [3.05, 3.63) is 82.2 Å².